The normalized spacial score (nSPS) is 34.5. The number of hydrogen-bond donors (Lipinski definition) is 1. The van der Waals surface area contributed by atoms with Crippen molar-refractivity contribution >= 4 is 0 Å². The van der Waals surface area contributed by atoms with Crippen LogP contribution in [0.25, 0.3) is 0 Å². The maximum Gasteiger partial charge on any atom is 0.0593 e. The van der Waals surface area contributed by atoms with Gasteiger partial charge in [0.05, 0.1) is 12.7 Å². The van der Waals surface area contributed by atoms with E-state index in [2.05, 4.69) is 11.8 Å². The first-order chi connectivity index (χ1) is 7.81. The van der Waals surface area contributed by atoms with Crippen molar-refractivity contribution in [2.45, 2.75) is 38.7 Å². The summed E-state index contributed by atoms with van der Waals surface area (Å²) in [5.74, 6) is 1.31. The van der Waals surface area contributed by atoms with Gasteiger partial charge in [-0.1, -0.05) is 13.3 Å². The van der Waals surface area contributed by atoms with Gasteiger partial charge in [-0.3, -0.25) is 0 Å². The van der Waals surface area contributed by atoms with E-state index in [4.69, 9.17) is 4.74 Å². The van der Waals surface area contributed by atoms with E-state index in [9.17, 15) is 5.11 Å². The zero-order valence-corrected chi connectivity index (χ0v) is 10.4. The molecule has 3 heteroatoms. The maximum absolute atomic E-state index is 9.80. The fourth-order valence-electron chi connectivity index (χ4n) is 3.05. The van der Waals surface area contributed by atoms with Crippen LogP contribution < -0.4 is 0 Å². The lowest BCUT2D eigenvalue weighted by atomic mass is 10.00. The molecule has 1 aliphatic heterocycles. The second-order valence-corrected chi connectivity index (χ2v) is 5.29. The van der Waals surface area contributed by atoms with Crippen LogP contribution in [0.1, 0.15) is 32.6 Å². The molecule has 0 amide bonds. The first-order valence-corrected chi connectivity index (χ1v) is 6.79. The van der Waals surface area contributed by atoms with Gasteiger partial charge < -0.3 is 14.7 Å². The summed E-state index contributed by atoms with van der Waals surface area (Å²) in [6.07, 6.45) is 4.59. The van der Waals surface area contributed by atoms with Crippen LogP contribution in [-0.2, 0) is 4.74 Å². The Bertz CT molecular complexity index is 210. The van der Waals surface area contributed by atoms with Crippen molar-refractivity contribution in [3.63, 3.8) is 0 Å². The molecule has 1 N–H and O–H groups in total. The van der Waals surface area contributed by atoms with Gasteiger partial charge in [-0.15, -0.1) is 0 Å². The molecule has 0 spiro atoms. The number of ether oxygens (including phenoxy) is 1. The summed E-state index contributed by atoms with van der Waals surface area (Å²) in [6, 6.07) is 0. The number of hydrogen-bond acceptors (Lipinski definition) is 3. The Balaban J connectivity index is 1.59. The van der Waals surface area contributed by atoms with Crippen LogP contribution in [0.15, 0.2) is 0 Å². The molecule has 3 atom stereocenters. The Morgan fingerprint density at radius 2 is 2.12 bits per heavy atom. The molecule has 1 heterocycles. The van der Waals surface area contributed by atoms with Crippen LogP contribution in [-0.4, -0.2) is 49.0 Å². The first-order valence-electron chi connectivity index (χ1n) is 6.79. The van der Waals surface area contributed by atoms with Crippen molar-refractivity contribution in [2.24, 2.45) is 11.8 Å². The van der Waals surface area contributed by atoms with Gasteiger partial charge in [-0.05, 0) is 25.2 Å². The fraction of sp³-hybridized carbons (Fsp3) is 1.00. The molecule has 16 heavy (non-hydrogen) atoms. The highest BCUT2D eigenvalue weighted by molar-refractivity contribution is 4.93. The van der Waals surface area contributed by atoms with Crippen molar-refractivity contribution in [2.75, 3.05) is 32.8 Å². The molecule has 0 radical (unpaired) electrons. The summed E-state index contributed by atoms with van der Waals surface area (Å²) >= 11 is 0. The highest BCUT2D eigenvalue weighted by atomic mass is 16.5. The van der Waals surface area contributed by atoms with Gasteiger partial charge in [-0.2, -0.15) is 0 Å². The van der Waals surface area contributed by atoms with Gasteiger partial charge in [0.15, 0.2) is 0 Å². The second-order valence-electron chi connectivity index (χ2n) is 5.29. The SMILES string of the molecule is CCCCOCCN1CC2CCC(O)C2C1. The van der Waals surface area contributed by atoms with Gasteiger partial charge >= 0.3 is 0 Å². The third kappa shape index (κ3) is 2.96. The minimum atomic E-state index is -0.0315. The average Bonchev–Trinajstić information content (AvgIpc) is 2.81. The highest BCUT2D eigenvalue weighted by Gasteiger charge is 2.41. The summed E-state index contributed by atoms with van der Waals surface area (Å²) < 4.78 is 5.58. The topological polar surface area (TPSA) is 32.7 Å². The summed E-state index contributed by atoms with van der Waals surface area (Å²) in [7, 11) is 0. The summed E-state index contributed by atoms with van der Waals surface area (Å²) in [4.78, 5) is 2.46. The molecular weight excluding hydrogens is 202 g/mol. The van der Waals surface area contributed by atoms with Crippen molar-refractivity contribution < 1.29 is 9.84 Å². The van der Waals surface area contributed by atoms with E-state index in [1.54, 1.807) is 0 Å². The standard InChI is InChI=1S/C13H25NO2/c1-2-3-7-16-8-6-14-9-11-4-5-13(15)12(11)10-14/h11-13,15H,2-10H2,1H3. The molecule has 1 saturated heterocycles. The highest BCUT2D eigenvalue weighted by Crippen LogP contribution is 2.37. The molecule has 1 saturated carbocycles. The van der Waals surface area contributed by atoms with E-state index >= 15 is 0 Å². The molecule has 0 aromatic carbocycles. The molecular formula is C13H25NO2. The molecule has 0 bridgehead atoms. The lowest BCUT2D eigenvalue weighted by Gasteiger charge is -2.17. The summed E-state index contributed by atoms with van der Waals surface area (Å²) in [5.41, 5.74) is 0. The zero-order chi connectivity index (χ0) is 11.4. The van der Waals surface area contributed by atoms with E-state index in [0.29, 0.717) is 5.92 Å². The van der Waals surface area contributed by atoms with Crippen molar-refractivity contribution in [3.05, 3.63) is 0 Å². The first kappa shape index (κ1) is 12.3. The monoisotopic (exact) mass is 227 g/mol. The van der Waals surface area contributed by atoms with E-state index in [1.165, 1.54) is 25.8 Å². The molecule has 94 valence electrons. The average molecular weight is 227 g/mol. The largest absolute Gasteiger partial charge is 0.393 e. The number of likely N-dealkylation sites (tertiary alicyclic amines) is 1. The predicted octanol–water partition coefficient (Wildman–Crippen LogP) is 1.51. The van der Waals surface area contributed by atoms with Crippen LogP contribution in [0.2, 0.25) is 0 Å². The molecule has 0 aromatic rings. The Hall–Kier alpha value is -0.120. The maximum atomic E-state index is 9.80. The molecule has 1 aliphatic carbocycles. The third-order valence-corrected chi connectivity index (χ3v) is 4.09. The molecule has 2 fully saturated rings. The molecule has 3 nitrogen and oxygen atoms in total. The molecule has 2 rings (SSSR count). The lowest BCUT2D eigenvalue weighted by molar-refractivity contribution is 0.0961. The third-order valence-electron chi connectivity index (χ3n) is 4.09. The summed E-state index contributed by atoms with van der Waals surface area (Å²) in [6.45, 7) is 7.26. The Labute approximate surface area is 98.8 Å². The number of fused-ring (bicyclic) bond motifs is 1. The number of rotatable bonds is 6. The number of nitrogens with zero attached hydrogens (tertiary/aromatic N) is 1. The second kappa shape index (κ2) is 5.99. The minimum Gasteiger partial charge on any atom is -0.393 e. The van der Waals surface area contributed by atoms with Crippen molar-refractivity contribution in [3.8, 4) is 0 Å². The lowest BCUT2D eigenvalue weighted by Crippen LogP contribution is -2.28. The van der Waals surface area contributed by atoms with Gasteiger partial charge in [0.2, 0.25) is 0 Å². The fourth-order valence-corrected chi connectivity index (χ4v) is 3.05. The molecule has 3 unspecified atom stereocenters. The Kier molecular flexibility index (Phi) is 4.62. The van der Waals surface area contributed by atoms with E-state index in [-0.39, 0.29) is 6.10 Å². The van der Waals surface area contributed by atoms with Gasteiger partial charge in [-0.25, -0.2) is 0 Å². The van der Waals surface area contributed by atoms with Gasteiger partial charge in [0.1, 0.15) is 0 Å². The minimum absolute atomic E-state index is 0.0315. The van der Waals surface area contributed by atoms with E-state index in [0.717, 1.165) is 38.6 Å². The van der Waals surface area contributed by atoms with E-state index < -0.39 is 0 Å². The quantitative estimate of drug-likeness (QED) is 0.698. The van der Waals surface area contributed by atoms with Crippen LogP contribution >= 0.6 is 0 Å². The van der Waals surface area contributed by atoms with Crippen LogP contribution in [0, 0.1) is 11.8 Å². The van der Waals surface area contributed by atoms with Crippen LogP contribution in [0.4, 0.5) is 0 Å². The van der Waals surface area contributed by atoms with E-state index in [1.807, 2.05) is 0 Å². The Morgan fingerprint density at radius 1 is 1.25 bits per heavy atom. The van der Waals surface area contributed by atoms with Gasteiger partial charge in [0.25, 0.3) is 0 Å². The van der Waals surface area contributed by atoms with Crippen LogP contribution in [0.3, 0.4) is 0 Å². The van der Waals surface area contributed by atoms with Crippen LogP contribution in [0.5, 0.6) is 0 Å². The van der Waals surface area contributed by atoms with Crippen molar-refractivity contribution in [1.82, 2.24) is 4.90 Å². The summed E-state index contributed by atoms with van der Waals surface area (Å²) in [5, 5.41) is 9.80. The predicted molar refractivity (Wildman–Crippen MR) is 64.4 cm³/mol. The van der Waals surface area contributed by atoms with Gasteiger partial charge in [0, 0.05) is 32.2 Å². The van der Waals surface area contributed by atoms with Crippen molar-refractivity contribution in [1.29, 1.82) is 0 Å². The molecule has 0 aromatic heterocycles. The zero-order valence-electron chi connectivity index (χ0n) is 10.4. The molecule has 2 aliphatic rings. The number of unbranched alkanes of at least 4 members (excludes halogenated alkanes) is 1. The number of aliphatic hydroxyl groups excluding tert-OH is 1. The Morgan fingerprint density at radius 3 is 2.88 bits per heavy atom. The smallest absolute Gasteiger partial charge is 0.0593 e. The number of aliphatic hydroxyl groups is 1.